The van der Waals surface area contributed by atoms with Crippen molar-refractivity contribution in [2.24, 2.45) is 0 Å². The van der Waals surface area contributed by atoms with Gasteiger partial charge >= 0.3 is 6.18 Å². The van der Waals surface area contributed by atoms with Crippen LogP contribution in [0.5, 0.6) is 0 Å². The summed E-state index contributed by atoms with van der Waals surface area (Å²) in [6.07, 6.45) is -3.34. The first-order chi connectivity index (χ1) is 9.47. The molecule has 2 aromatic rings. The molecule has 0 fully saturated rings. The van der Waals surface area contributed by atoms with E-state index >= 15 is 0 Å². The molecule has 0 bridgehead atoms. The molecule has 0 aliphatic rings. The monoisotopic (exact) mass is 299 g/mol. The van der Waals surface area contributed by atoms with Crippen molar-refractivity contribution in [3.8, 4) is 0 Å². The third-order valence-corrected chi connectivity index (χ3v) is 3.91. The Morgan fingerprint density at radius 2 is 1.85 bits per heavy atom. The first-order valence-corrected chi connectivity index (χ1v) is 7.33. The predicted molar refractivity (Wildman–Crippen MR) is 75.9 cm³/mol. The standard InChI is InChI=1S/C15H16F3NS/c1-11(19-8-6-12-7-9-20-10-12)13-2-4-14(5-3-13)15(16,17)18/h2-5,7,9-11,19H,6,8H2,1H3. The van der Waals surface area contributed by atoms with E-state index in [1.54, 1.807) is 11.3 Å². The van der Waals surface area contributed by atoms with E-state index in [4.69, 9.17) is 0 Å². The molecule has 1 nitrogen and oxygen atoms in total. The second-order valence-electron chi connectivity index (χ2n) is 4.68. The summed E-state index contributed by atoms with van der Waals surface area (Å²) in [4.78, 5) is 0. The van der Waals surface area contributed by atoms with Crippen LogP contribution in [0.4, 0.5) is 13.2 Å². The van der Waals surface area contributed by atoms with Crippen LogP contribution in [0.25, 0.3) is 0 Å². The highest BCUT2D eigenvalue weighted by molar-refractivity contribution is 7.07. The number of benzene rings is 1. The molecule has 0 aliphatic carbocycles. The van der Waals surface area contributed by atoms with E-state index in [2.05, 4.69) is 16.8 Å². The first-order valence-electron chi connectivity index (χ1n) is 6.38. The Bertz CT molecular complexity index is 517. The molecule has 20 heavy (non-hydrogen) atoms. The summed E-state index contributed by atoms with van der Waals surface area (Å²) in [6.45, 7) is 2.76. The maximum Gasteiger partial charge on any atom is 0.416 e. The van der Waals surface area contributed by atoms with Crippen molar-refractivity contribution in [3.05, 3.63) is 57.8 Å². The van der Waals surface area contributed by atoms with Crippen molar-refractivity contribution in [2.45, 2.75) is 25.6 Å². The number of thiophene rings is 1. The zero-order chi connectivity index (χ0) is 14.6. The largest absolute Gasteiger partial charge is 0.416 e. The molecule has 108 valence electrons. The molecule has 0 saturated carbocycles. The lowest BCUT2D eigenvalue weighted by molar-refractivity contribution is -0.137. The molecule has 1 aromatic heterocycles. The topological polar surface area (TPSA) is 12.0 Å². The summed E-state index contributed by atoms with van der Waals surface area (Å²) in [5.74, 6) is 0. The molecule has 5 heteroatoms. The van der Waals surface area contributed by atoms with E-state index < -0.39 is 11.7 Å². The minimum Gasteiger partial charge on any atom is -0.310 e. The minimum atomic E-state index is -4.27. The molecule has 0 saturated heterocycles. The molecular formula is C15H16F3NS. The van der Waals surface area contributed by atoms with Gasteiger partial charge in [-0.15, -0.1) is 0 Å². The van der Waals surface area contributed by atoms with Crippen molar-refractivity contribution in [1.29, 1.82) is 0 Å². The fraction of sp³-hybridized carbons (Fsp3) is 0.333. The predicted octanol–water partition coefficient (Wildman–Crippen LogP) is 4.66. The average Bonchev–Trinajstić information content (AvgIpc) is 2.91. The molecule has 0 amide bonds. The van der Waals surface area contributed by atoms with Crippen LogP contribution < -0.4 is 5.32 Å². The number of alkyl halides is 3. The molecular weight excluding hydrogens is 283 g/mol. The van der Waals surface area contributed by atoms with Crippen molar-refractivity contribution >= 4 is 11.3 Å². The molecule has 1 aromatic carbocycles. The van der Waals surface area contributed by atoms with Gasteiger partial charge in [0, 0.05) is 6.04 Å². The molecule has 2 rings (SSSR count). The smallest absolute Gasteiger partial charge is 0.310 e. The molecule has 1 N–H and O–H groups in total. The molecule has 0 radical (unpaired) electrons. The number of halogens is 3. The van der Waals surface area contributed by atoms with Gasteiger partial charge < -0.3 is 5.32 Å². The highest BCUT2D eigenvalue weighted by Gasteiger charge is 2.30. The van der Waals surface area contributed by atoms with E-state index in [-0.39, 0.29) is 6.04 Å². The van der Waals surface area contributed by atoms with Crippen LogP contribution in [0, 0.1) is 0 Å². The van der Waals surface area contributed by atoms with E-state index in [9.17, 15) is 13.2 Å². The minimum absolute atomic E-state index is 0.0379. The highest BCUT2D eigenvalue weighted by atomic mass is 32.1. The van der Waals surface area contributed by atoms with Crippen molar-refractivity contribution in [2.75, 3.05) is 6.54 Å². The van der Waals surface area contributed by atoms with Gasteiger partial charge in [-0.25, -0.2) is 0 Å². The van der Waals surface area contributed by atoms with Crippen LogP contribution >= 0.6 is 11.3 Å². The summed E-state index contributed by atoms with van der Waals surface area (Å²) >= 11 is 1.66. The van der Waals surface area contributed by atoms with Gasteiger partial charge in [0.15, 0.2) is 0 Å². The molecule has 1 atom stereocenters. The maximum absolute atomic E-state index is 12.5. The Hall–Kier alpha value is -1.33. The van der Waals surface area contributed by atoms with Gasteiger partial charge in [0.05, 0.1) is 5.56 Å². The Morgan fingerprint density at radius 1 is 1.15 bits per heavy atom. The van der Waals surface area contributed by atoms with Crippen LogP contribution in [0.15, 0.2) is 41.1 Å². The van der Waals surface area contributed by atoms with Crippen molar-refractivity contribution < 1.29 is 13.2 Å². The molecule has 0 aliphatic heterocycles. The van der Waals surface area contributed by atoms with Gasteiger partial charge in [0.25, 0.3) is 0 Å². The van der Waals surface area contributed by atoms with E-state index in [1.807, 2.05) is 12.3 Å². The number of hydrogen-bond donors (Lipinski definition) is 1. The fourth-order valence-corrected chi connectivity index (χ4v) is 2.65. The zero-order valence-electron chi connectivity index (χ0n) is 11.1. The van der Waals surface area contributed by atoms with Crippen molar-refractivity contribution in [3.63, 3.8) is 0 Å². The summed E-state index contributed by atoms with van der Waals surface area (Å²) < 4.78 is 37.4. The number of rotatable bonds is 5. The van der Waals surface area contributed by atoms with Gasteiger partial charge in [-0.2, -0.15) is 24.5 Å². The van der Waals surface area contributed by atoms with Gasteiger partial charge in [0.1, 0.15) is 0 Å². The second-order valence-corrected chi connectivity index (χ2v) is 5.46. The third-order valence-electron chi connectivity index (χ3n) is 3.18. The number of nitrogens with one attached hydrogen (secondary N) is 1. The lowest BCUT2D eigenvalue weighted by Crippen LogP contribution is -2.21. The highest BCUT2D eigenvalue weighted by Crippen LogP contribution is 2.29. The van der Waals surface area contributed by atoms with E-state index in [1.165, 1.54) is 17.7 Å². The maximum atomic E-state index is 12.5. The third kappa shape index (κ3) is 4.08. The van der Waals surface area contributed by atoms with Crippen LogP contribution in [-0.2, 0) is 12.6 Å². The Kier molecular flexibility index (Phi) is 4.83. The van der Waals surface area contributed by atoms with Gasteiger partial charge in [-0.05, 0) is 60.0 Å². The van der Waals surface area contributed by atoms with Gasteiger partial charge in [0.2, 0.25) is 0 Å². The van der Waals surface area contributed by atoms with Crippen molar-refractivity contribution in [1.82, 2.24) is 5.32 Å². The Balaban J connectivity index is 1.87. The summed E-state index contributed by atoms with van der Waals surface area (Å²) in [5.41, 5.74) is 1.54. The Labute approximate surface area is 120 Å². The first kappa shape index (κ1) is 15.1. The molecule has 1 unspecified atom stereocenters. The normalized spacial score (nSPS) is 13.4. The van der Waals surface area contributed by atoms with Gasteiger partial charge in [-0.3, -0.25) is 0 Å². The van der Waals surface area contributed by atoms with Crippen LogP contribution in [-0.4, -0.2) is 6.54 Å². The SMILES string of the molecule is CC(NCCc1ccsc1)c1ccc(C(F)(F)F)cc1. The zero-order valence-corrected chi connectivity index (χ0v) is 11.9. The van der Waals surface area contributed by atoms with Crippen LogP contribution in [0.3, 0.4) is 0 Å². The quantitative estimate of drug-likeness (QED) is 0.846. The fourth-order valence-electron chi connectivity index (χ4n) is 1.95. The lowest BCUT2D eigenvalue weighted by atomic mass is 10.1. The van der Waals surface area contributed by atoms with Gasteiger partial charge in [-0.1, -0.05) is 12.1 Å². The summed E-state index contributed by atoms with van der Waals surface area (Å²) in [5, 5.41) is 7.46. The average molecular weight is 299 g/mol. The summed E-state index contributed by atoms with van der Waals surface area (Å²) in [7, 11) is 0. The molecule has 1 heterocycles. The lowest BCUT2D eigenvalue weighted by Gasteiger charge is -2.15. The van der Waals surface area contributed by atoms with Crippen LogP contribution in [0.1, 0.15) is 29.7 Å². The number of hydrogen-bond acceptors (Lipinski definition) is 2. The van der Waals surface area contributed by atoms with E-state index in [0.717, 1.165) is 30.7 Å². The summed E-state index contributed by atoms with van der Waals surface area (Å²) in [6, 6.07) is 7.44. The van der Waals surface area contributed by atoms with Crippen LogP contribution in [0.2, 0.25) is 0 Å². The van der Waals surface area contributed by atoms with E-state index in [0.29, 0.717) is 0 Å². The second kappa shape index (κ2) is 6.41. The Morgan fingerprint density at radius 3 is 2.40 bits per heavy atom. The molecule has 0 spiro atoms.